The van der Waals surface area contributed by atoms with Crippen LogP contribution in [0.15, 0.2) is 60.3 Å². The molecule has 0 spiro atoms. The molecule has 1 saturated heterocycles. The number of ketones is 1. The third-order valence-electron chi connectivity index (χ3n) is 4.53. The number of carbonyl (C=O) groups excluding carboxylic acids is 4. The van der Waals surface area contributed by atoms with Gasteiger partial charge in [-0.25, -0.2) is 4.79 Å². The number of hydrogen-bond donors (Lipinski definition) is 1. The van der Waals surface area contributed by atoms with Gasteiger partial charge in [0.1, 0.15) is 5.70 Å². The van der Waals surface area contributed by atoms with Crippen molar-refractivity contribution in [3.05, 3.63) is 71.4 Å². The Balaban J connectivity index is 1.68. The van der Waals surface area contributed by atoms with Crippen LogP contribution in [-0.2, 0) is 19.1 Å². The first kappa shape index (κ1) is 21.0. The smallest absolute Gasteiger partial charge is 0.355 e. The standard InChI is InChI=1S/C23H22N2O5/c1-16(26)24-20(13-17-7-3-2-4-8-17)23(29)30-15-21(27)18-9-5-10-19(14-18)25-12-6-11-22(25)28/h2-5,7-10,13-14H,6,11-12,15H2,1H3,(H,24,26)/b20-13-. The van der Waals surface area contributed by atoms with E-state index in [0.29, 0.717) is 29.8 Å². The van der Waals surface area contributed by atoms with Gasteiger partial charge in [-0.2, -0.15) is 0 Å². The first-order valence-corrected chi connectivity index (χ1v) is 9.59. The van der Waals surface area contributed by atoms with E-state index in [-0.39, 0.29) is 11.6 Å². The van der Waals surface area contributed by atoms with E-state index in [1.807, 2.05) is 6.07 Å². The lowest BCUT2D eigenvalue weighted by Gasteiger charge is -2.16. The molecule has 1 heterocycles. The van der Waals surface area contributed by atoms with Crippen molar-refractivity contribution in [2.24, 2.45) is 0 Å². The Morgan fingerprint density at radius 3 is 2.53 bits per heavy atom. The van der Waals surface area contributed by atoms with Gasteiger partial charge in [-0.15, -0.1) is 0 Å². The number of nitrogens with one attached hydrogen (secondary N) is 1. The molecular formula is C23H22N2O5. The highest BCUT2D eigenvalue weighted by atomic mass is 16.5. The van der Waals surface area contributed by atoms with Crippen LogP contribution in [0.4, 0.5) is 5.69 Å². The molecule has 2 aromatic carbocycles. The van der Waals surface area contributed by atoms with Crippen molar-refractivity contribution in [3.63, 3.8) is 0 Å². The maximum Gasteiger partial charge on any atom is 0.355 e. The molecule has 2 aromatic rings. The summed E-state index contributed by atoms with van der Waals surface area (Å²) in [5, 5.41) is 2.43. The van der Waals surface area contributed by atoms with Crippen molar-refractivity contribution in [1.82, 2.24) is 5.32 Å². The van der Waals surface area contributed by atoms with E-state index in [1.165, 1.54) is 13.0 Å². The van der Waals surface area contributed by atoms with Gasteiger partial charge in [0.05, 0.1) is 0 Å². The maximum absolute atomic E-state index is 12.5. The number of benzene rings is 2. The van der Waals surface area contributed by atoms with E-state index in [0.717, 1.165) is 6.42 Å². The zero-order chi connectivity index (χ0) is 21.5. The van der Waals surface area contributed by atoms with Crippen LogP contribution in [0.5, 0.6) is 0 Å². The van der Waals surface area contributed by atoms with Crippen molar-refractivity contribution in [2.45, 2.75) is 19.8 Å². The SMILES string of the molecule is CC(=O)N/C(=C\c1ccccc1)C(=O)OCC(=O)c1cccc(N2CCCC2=O)c1. The van der Waals surface area contributed by atoms with Crippen LogP contribution in [-0.4, -0.2) is 36.7 Å². The third-order valence-corrected chi connectivity index (χ3v) is 4.53. The van der Waals surface area contributed by atoms with Crippen molar-refractivity contribution >= 4 is 35.3 Å². The number of nitrogens with zero attached hydrogens (tertiary/aromatic N) is 1. The minimum atomic E-state index is -0.812. The third kappa shape index (κ3) is 5.41. The highest BCUT2D eigenvalue weighted by molar-refractivity contribution is 6.03. The fourth-order valence-electron chi connectivity index (χ4n) is 3.11. The molecule has 0 bridgehead atoms. The first-order chi connectivity index (χ1) is 14.4. The van der Waals surface area contributed by atoms with Crippen LogP contribution >= 0.6 is 0 Å². The Kier molecular flexibility index (Phi) is 6.75. The van der Waals surface area contributed by atoms with Crippen LogP contribution in [0.2, 0.25) is 0 Å². The molecule has 1 N–H and O–H groups in total. The number of esters is 1. The summed E-state index contributed by atoms with van der Waals surface area (Å²) >= 11 is 0. The Morgan fingerprint density at radius 1 is 1.10 bits per heavy atom. The van der Waals surface area contributed by atoms with Crippen molar-refractivity contribution in [3.8, 4) is 0 Å². The Bertz CT molecular complexity index is 998. The first-order valence-electron chi connectivity index (χ1n) is 9.59. The van der Waals surface area contributed by atoms with Gasteiger partial charge in [-0.05, 0) is 30.2 Å². The molecule has 1 aliphatic rings. The zero-order valence-electron chi connectivity index (χ0n) is 16.6. The number of anilines is 1. The van der Waals surface area contributed by atoms with Gasteiger partial charge in [0.25, 0.3) is 0 Å². The second-order valence-corrected chi connectivity index (χ2v) is 6.85. The normalized spacial score (nSPS) is 13.8. The number of ether oxygens (including phenoxy) is 1. The fraction of sp³-hybridized carbons (Fsp3) is 0.217. The van der Waals surface area contributed by atoms with Gasteiger partial charge in [0.2, 0.25) is 11.8 Å². The zero-order valence-corrected chi connectivity index (χ0v) is 16.6. The molecule has 7 nitrogen and oxygen atoms in total. The molecule has 0 aromatic heterocycles. The highest BCUT2D eigenvalue weighted by Gasteiger charge is 2.22. The van der Waals surface area contributed by atoms with Gasteiger partial charge >= 0.3 is 5.97 Å². The summed E-state index contributed by atoms with van der Waals surface area (Å²) in [6, 6.07) is 15.6. The second-order valence-electron chi connectivity index (χ2n) is 6.85. The van der Waals surface area contributed by atoms with E-state index in [1.54, 1.807) is 53.4 Å². The van der Waals surface area contributed by atoms with Gasteiger partial charge in [-0.1, -0.05) is 42.5 Å². The lowest BCUT2D eigenvalue weighted by molar-refractivity contribution is -0.139. The Labute approximate surface area is 174 Å². The fourth-order valence-corrected chi connectivity index (χ4v) is 3.11. The summed E-state index contributed by atoms with van der Waals surface area (Å²) in [5.74, 6) is -1.62. The minimum absolute atomic E-state index is 0.0250. The minimum Gasteiger partial charge on any atom is -0.453 e. The molecule has 0 radical (unpaired) electrons. The molecular weight excluding hydrogens is 384 g/mol. The Hall–Kier alpha value is -3.74. The van der Waals surface area contributed by atoms with Gasteiger partial charge in [-0.3, -0.25) is 14.4 Å². The molecule has 0 saturated carbocycles. The van der Waals surface area contributed by atoms with E-state index < -0.39 is 24.3 Å². The summed E-state index contributed by atoms with van der Waals surface area (Å²) in [6.07, 6.45) is 2.76. The molecule has 0 atom stereocenters. The second kappa shape index (κ2) is 9.65. The van der Waals surface area contributed by atoms with Gasteiger partial charge in [0.15, 0.2) is 12.4 Å². The average Bonchev–Trinajstić information content (AvgIpc) is 3.17. The van der Waals surface area contributed by atoms with Gasteiger partial charge < -0.3 is 15.0 Å². The summed E-state index contributed by atoms with van der Waals surface area (Å²) < 4.78 is 5.13. The number of carbonyl (C=O) groups is 4. The lowest BCUT2D eigenvalue weighted by atomic mass is 10.1. The molecule has 30 heavy (non-hydrogen) atoms. The molecule has 7 heteroatoms. The summed E-state index contributed by atoms with van der Waals surface area (Å²) in [7, 11) is 0. The number of amides is 2. The highest BCUT2D eigenvalue weighted by Crippen LogP contribution is 2.22. The van der Waals surface area contributed by atoms with Crippen LogP contribution < -0.4 is 10.2 Å². The summed E-state index contributed by atoms with van der Waals surface area (Å²) in [5.41, 5.74) is 1.64. The van der Waals surface area contributed by atoms with Crippen LogP contribution in [0.3, 0.4) is 0 Å². The quantitative estimate of drug-likeness (QED) is 0.434. The largest absolute Gasteiger partial charge is 0.453 e. The number of hydrogen-bond acceptors (Lipinski definition) is 5. The number of rotatable bonds is 7. The van der Waals surface area contributed by atoms with Crippen molar-refractivity contribution in [2.75, 3.05) is 18.1 Å². The van der Waals surface area contributed by atoms with E-state index in [4.69, 9.17) is 4.74 Å². The molecule has 1 aliphatic heterocycles. The molecule has 1 fully saturated rings. The predicted octanol–water partition coefficient (Wildman–Crippen LogP) is 2.72. The Morgan fingerprint density at radius 2 is 1.87 bits per heavy atom. The molecule has 0 unspecified atom stereocenters. The molecule has 2 amide bonds. The maximum atomic E-state index is 12.5. The van der Waals surface area contributed by atoms with E-state index >= 15 is 0 Å². The summed E-state index contributed by atoms with van der Waals surface area (Å²) in [6.45, 7) is 1.42. The topological polar surface area (TPSA) is 92.8 Å². The van der Waals surface area contributed by atoms with E-state index in [9.17, 15) is 19.2 Å². The van der Waals surface area contributed by atoms with Crippen LogP contribution in [0.25, 0.3) is 6.08 Å². The van der Waals surface area contributed by atoms with Crippen molar-refractivity contribution < 1.29 is 23.9 Å². The summed E-state index contributed by atoms with van der Waals surface area (Å²) in [4.78, 5) is 49.9. The van der Waals surface area contributed by atoms with E-state index in [2.05, 4.69) is 5.32 Å². The predicted molar refractivity (Wildman–Crippen MR) is 112 cm³/mol. The van der Waals surface area contributed by atoms with Crippen LogP contribution in [0, 0.1) is 0 Å². The number of Topliss-reactive ketones (excluding diaryl/α,β-unsaturated/α-hetero) is 1. The molecule has 3 rings (SSSR count). The van der Waals surface area contributed by atoms with Gasteiger partial charge in [0, 0.05) is 31.1 Å². The van der Waals surface area contributed by atoms with Crippen molar-refractivity contribution in [1.29, 1.82) is 0 Å². The molecule has 0 aliphatic carbocycles. The monoisotopic (exact) mass is 406 g/mol. The van der Waals surface area contributed by atoms with Crippen LogP contribution in [0.1, 0.15) is 35.7 Å². The lowest BCUT2D eigenvalue weighted by Crippen LogP contribution is -2.27. The average molecular weight is 406 g/mol. The molecule has 154 valence electrons.